The van der Waals surface area contributed by atoms with Gasteiger partial charge in [-0.25, -0.2) is 0 Å². The minimum atomic E-state index is -0.467. The molecule has 0 radical (unpaired) electrons. The molecule has 1 aromatic rings. The van der Waals surface area contributed by atoms with Crippen molar-refractivity contribution >= 4 is 11.8 Å². The molecule has 1 saturated heterocycles. The minimum absolute atomic E-state index is 0.00590. The highest BCUT2D eigenvalue weighted by atomic mass is 16.2. The Morgan fingerprint density at radius 3 is 2.43 bits per heavy atom. The number of hydrogen-bond donors (Lipinski definition) is 1. The molecule has 1 aromatic carbocycles. The van der Waals surface area contributed by atoms with Gasteiger partial charge in [-0.15, -0.1) is 0 Å². The van der Waals surface area contributed by atoms with Crippen LogP contribution < -0.4 is 5.32 Å². The minimum Gasteiger partial charge on any atom is -0.351 e. The van der Waals surface area contributed by atoms with E-state index in [-0.39, 0.29) is 17.9 Å². The molecular formula is C23H33N3O2. The first-order chi connectivity index (χ1) is 13.7. The van der Waals surface area contributed by atoms with Gasteiger partial charge in [0.15, 0.2) is 0 Å². The Labute approximate surface area is 168 Å². The fourth-order valence-corrected chi connectivity index (χ4v) is 5.06. The smallest absolute Gasteiger partial charge is 0.255 e. The molecule has 3 aliphatic rings. The summed E-state index contributed by atoms with van der Waals surface area (Å²) in [6.45, 7) is 3.99. The van der Waals surface area contributed by atoms with E-state index in [0.717, 1.165) is 31.4 Å². The molecule has 5 heteroatoms. The SMILES string of the molecule is O=C(NC1CCCCCC1)C1c2ccccc2C(=O)N1CCCN1CCCC1. The summed E-state index contributed by atoms with van der Waals surface area (Å²) in [7, 11) is 0. The Bertz CT molecular complexity index is 691. The lowest BCUT2D eigenvalue weighted by atomic mass is 10.0. The highest BCUT2D eigenvalue weighted by Crippen LogP contribution is 2.34. The van der Waals surface area contributed by atoms with E-state index in [4.69, 9.17) is 0 Å². The van der Waals surface area contributed by atoms with Crippen molar-refractivity contribution in [1.29, 1.82) is 0 Å². The zero-order valence-electron chi connectivity index (χ0n) is 16.9. The zero-order chi connectivity index (χ0) is 19.3. The first kappa shape index (κ1) is 19.4. The van der Waals surface area contributed by atoms with Gasteiger partial charge in [0.2, 0.25) is 5.91 Å². The monoisotopic (exact) mass is 383 g/mol. The quantitative estimate of drug-likeness (QED) is 0.765. The molecule has 28 heavy (non-hydrogen) atoms. The summed E-state index contributed by atoms with van der Waals surface area (Å²) in [4.78, 5) is 30.5. The summed E-state index contributed by atoms with van der Waals surface area (Å²) >= 11 is 0. The molecule has 1 saturated carbocycles. The fraction of sp³-hybridized carbons (Fsp3) is 0.652. The molecular weight excluding hydrogens is 350 g/mol. The molecule has 0 bridgehead atoms. The second-order valence-corrected chi connectivity index (χ2v) is 8.59. The van der Waals surface area contributed by atoms with Gasteiger partial charge in [0.1, 0.15) is 6.04 Å². The number of likely N-dealkylation sites (tertiary alicyclic amines) is 1. The number of carbonyl (C=O) groups excluding carboxylic acids is 2. The maximum Gasteiger partial charge on any atom is 0.255 e. The van der Waals surface area contributed by atoms with Crippen molar-refractivity contribution in [1.82, 2.24) is 15.1 Å². The summed E-state index contributed by atoms with van der Waals surface area (Å²) in [5.41, 5.74) is 1.57. The zero-order valence-corrected chi connectivity index (χ0v) is 16.9. The number of hydrogen-bond acceptors (Lipinski definition) is 3. The molecule has 2 aliphatic heterocycles. The van der Waals surface area contributed by atoms with Crippen LogP contribution >= 0.6 is 0 Å². The van der Waals surface area contributed by atoms with Crippen LogP contribution in [-0.4, -0.2) is 53.8 Å². The van der Waals surface area contributed by atoms with Gasteiger partial charge < -0.3 is 15.1 Å². The molecule has 1 atom stereocenters. The Morgan fingerprint density at radius 1 is 0.964 bits per heavy atom. The average molecular weight is 384 g/mol. The van der Waals surface area contributed by atoms with E-state index in [1.807, 2.05) is 29.2 Å². The predicted molar refractivity (Wildman–Crippen MR) is 110 cm³/mol. The third-order valence-corrected chi connectivity index (χ3v) is 6.58. The predicted octanol–water partition coefficient (Wildman–Crippen LogP) is 3.51. The summed E-state index contributed by atoms with van der Waals surface area (Å²) in [5.74, 6) is 0.0180. The van der Waals surface area contributed by atoms with Crippen LogP contribution in [0.5, 0.6) is 0 Å². The van der Waals surface area contributed by atoms with Crippen LogP contribution in [0.3, 0.4) is 0 Å². The summed E-state index contributed by atoms with van der Waals surface area (Å²) in [5, 5.41) is 3.28. The van der Waals surface area contributed by atoms with Crippen molar-refractivity contribution in [3.05, 3.63) is 35.4 Å². The second kappa shape index (κ2) is 9.08. The summed E-state index contributed by atoms with van der Waals surface area (Å²) in [6, 6.07) is 7.43. The molecule has 0 aromatic heterocycles. The lowest BCUT2D eigenvalue weighted by molar-refractivity contribution is -0.126. The van der Waals surface area contributed by atoms with E-state index in [9.17, 15) is 9.59 Å². The van der Waals surface area contributed by atoms with E-state index >= 15 is 0 Å². The number of benzene rings is 1. The second-order valence-electron chi connectivity index (χ2n) is 8.59. The number of amides is 2. The number of fused-ring (bicyclic) bond motifs is 1. The van der Waals surface area contributed by atoms with Crippen molar-refractivity contribution in [3.8, 4) is 0 Å². The molecule has 4 rings (SSSR count). The van der Waals surface area contributed by atoms with Gasteiger partial charge >= 0.3 is 0 Å². The van der Waals surface area contributed by atoms with Crippen LogP contribution in [0, 0.1) is 0 Å². The largest absolute Gasteiger partial charge is 0.351 e. The molecule has 0 spiro atoms. The normalized spacial score (nSPS) is 23.6. The molecule has 5 nitrogen and oxygen atoms in total. The van der Waals surface area contributed by atoms with Gasteiger partial charge in [-0.1, -0.05) is 43.9 Å². The van der Waals surface area contributed by atoms with E-state index in [2.05, 4.69) is 10.2 Å². The van der Waals surface area contributed by atoms with Crippen LogP contribution in [0.4, 0.5) is 0 Å². The Kier molecular flexibility index (Phi) is 6.30. The van der Waals surface area contributed by atoms with Crippen molar-refractivity contribution in [3.63, 3.8) is 0 Å². The van der Waals surface area contributed by atoms with E-state index < -0.39 is 6.04 Å². The average Bonchev–Trinajstić information content (AvgIpc) is 3.22. The lowest BCUT2D eigenvalue weighted by Crippen LogP contribution is -2.44. The van der Waals surface area contributed by atoms with Crippen molar-refractivity contribution in [2.24, 2.45) is 0 Å². The third kappa shape index (κ3) is 4.24. The number of nitrogens with zero attached hydrogens (tertiary/aromatic N) is 2. The van der Waals surface area contributed by atoms with Gasteiger partial charge in [-0.05, 0) is 63.4 Å². The Morgan fingerprint density at radius 2 is 1.68 bits per heavy atom. The van der Waals surface area contributed by atoms with Crippen LogP contribution in [0.25, 0.3) is 0 Å². The first-order valence-corrected chi connectivity index (χ1v) is 11.2. The standard InChI is InChI=1S/C23H33N3O2/c27-22(24-18-10-3-1-2-4-11-18)21-19-12-5-6-13-20(19)23(28)26(21)17-9-16-25-14-7-8-15-25/h5-6,12-13,18,21H,1-4,7-11,14-17H2,(H,24,27). The van der Waals surface area contributed by atoms with Gasteiger partial charge in [-0.3, -0.25) is 9.59 Å². The molecule has 2 fully saturated rings. The number of rotatable bonds is 6. The highest BCUT2D eigenvalue weighted by Gasteiger charge is 2.41. The Balaban J connectivity index is 1.45. The maximum absolute atomic E-state index is 13.2. The molecule has 1 unspecified atom stereocenters. The van der Waals surface area contributed by atoms with Crippen molar-refractivity contribution in [2.45, 2.75) is 69.9 Å². The molecule has 2 amide bonds. The number of nitrogens with one attached hydrogen (secondary N) is 1. The highest BCUT2D eigenvalue weighted by molar-refractivity contribution is 6.04. The fourth-order valence-electron chi connectivity index (χ4n) is 5.06. The topological polar surface area (TPSA) is 52.7 Å². The molecule has 1 N–H and O–H groups in total. The van der Waals surface area contributed by atoms with Crippen molar-refractivity contribution in [2.75, 3.05) is 26.2 Å². The lowest BCUT2D eigenvalue weighted by Gasteiger charge is -2.27. The van der Waals surface area contributed by atoms with Crippen LogP contribution in [-0.2, 0) is 4.79 Å². The Hall–Kier alpha value is -1.88. The van der Waals surface area contributed by atoms with Crippen LogP contribution in [0.1, 0.15) is 79.8 Å². The van der Waals surface area contributed by atoms with Crippen molar-refractivity contribution < 1.29 is 9.59 Å². The summed E-state index contributed by atoms with van der Waals surface area (Å²) < 4.78 is 0. The first-order valence-electron chi connectivity index (χ1n) is 11.2. The van der Waals surface area contributed by atoms with Crippen LogP contribution in [0.15, 0.2) is 24.3 Å². The molecule has 152 valence electrons. The molecule has 1 aliphatic carbocycles. The summed E-state index contributed by atoms with van der Waals surface area (Å²) in [6.07, 6.45) is 10.5. The van der Waals surface area contributed by atoms with Gasteiger partial charge in [0, 0.05) is 18.2 Å². The van der Waals surface area contributed by atoms with Gasteiger partial charge in [0.05, 0.1) is 0 Å². The van der Waals surface area contributed by atoms with E-state index in [0.29, 0.717) is 12.1 Å². The van der Waals surface area contributed by atoms with Gasteiger partial charge in [0.25, 0.3) is 5.91 Å². The van der Waals surface area contributed by atoms with Gasteiger partial charge in [-0.2, -0.15) is 0 Å². The van der Waals surface area contributed by atoms with E-state index in [1.54, 1.807) is 0 Å². The number of carbonyl (C=O) groups is 2. The third-order valence-electron chi connectivity index (χ3n) is 6.58. The van der Waals surface area contributed by atoms with E-state index in [1.165, 1.54) is 51.6 Å². The van der Waals surface area contributed by atoms with Crippen LogP contribution in [0.2, 0.25) is 0 Å². The molecule has 2 heterocycles. The maximum atomic E-state index is 13.2.